The molecule has 0 radical (unpaired) electrons. The van der Waals surface area contributed by atoms with Crippen LogP contribution in [0.25, 0.3) is 10.8 Å². The van der Waals surface area contributed by atoms with Gasteiger partial charge < -0.3 is 4.74 Å². The highest BCUT2D eigenvalue weighted by atomic mass is 16.6. The Bertz CT molecular complexity index is 1230. The number of amides is 1. The summed E-state index contributed by atoms with van der Waals surface area (Å²) in [5, 5.41) is 13.6. The van der Waals surface area contributed by atoms with E-state index >= 15 is 0 Å². The molecule has 148 valence electrons. The van der Waals surface area contributed by atoms with Crippen molar-refractivity contribution in [1.82, 2.24) is 20.4 Å². The fourth-order valence-electron chi connectivity index (χ4n) is 2.72. The molecule has 0 atom stereocenters. The molecule has 0 aliphatic rings. The highest BCUT2D eigenvalue weighted by Crippen LogP contribution is 2.34. The second kappa shape index (κ2) is 8.19. The molecule has 1 amide bonds. The number of fused-ring (bicyclic) bond motifs is 1. The molecule has 2 N–H and O–H groups in total. The van der Waals surface area contributed by atoms with Gasteiger partial charge in [-0.25, -0.2) is 4.98 Å². The van der Waals surface area contributed by atoms with E-state index in [0.717, 1.165) is 17.1 Å². The van der Waals surface area contributed by atoms with E-state index in [1.807, 2.05) is 30.3 Å². The molecule has 2 aromatic carbocycles. The molecule has 10 nitrogen and oxygen atoms in total. The first-order chi connectivity index (χ1) is 14.6. The van der Waals surface area contributed by atoms with Gasteiger partial charge in [0.1, 0.15) is 12.1 Å². The molecule has 0 aliphatic heterocycles. The van der Waals surface area contributed by atoms with Gasteiger partial charge in [0, 0.05) is 12.4 Å². The fourth-order valence-corrected chi connectivity index (χ4v) is 2.72. The third-order valence-corrected chi connectivity index (χ3v) is 4.12. The maximum Gasteiger partial charge on any atom is 0.374 e. The van der Waals surface area contributed by atoms with Crippen molar-refractivity contribution >= 4 is 28.2 Å². The van der Waals surface area contributed by atoms with Gasteiger partial charge in [-0.05, 0) is 35.0 Å². The quantitative estimate of drug-likeness (QED) is 0.370. The predicted octanol–water partition coefficient (Wildman–Crippen LogP) is 3.48. The van der Waals surface area contributed by atoms with Gasteiger partial charge in [0.25, 0.3) is 5.91 Å². The van der Waals surface area contributed by atoms with Crippen LogP contribution in [0, 0.1) is 10.1 Å². The number of anilines is 1. The summed E-state index contributed by atoms with van der Waals surface area (Å²) in [5.74, 6) is -0.639. The van der Waals surface area contributed by atoms with Crippen molar-refractivity contribution in [1.29, 1.82) is 0 Å². The van der Waals surface area contributed by atoms with Crippen LogP contribution in [0.2, 0.25) is 0 Å². The monoisotopic (exact) mass is 402 g/mol. The van der Waals surface area contributed by atoms with Crippen LogP contribution in [0.3, 0.4) is 0 Å². The van der Waals surface area contributed by atoms with Gasteiger partial charge in [0.05, 0.1) is 10.5 Å². The van der Waals surface area contributed by atoms with E-state index in [-0.39, 0.29) is 17.3 Å². The highest BCUT2D eigenvalue weighted by Gasteiger charge is 2.25. The molecule has 0 saturated carbocycles. The third kappa shape index (κ3) is 3.97. The van der Waals surface area contributed by atoms with Gasteiger partial charge in [-0.15, -0.1) is 0 Å². The first kappa shape index (κ1) is 18.7. The number of nitrogens with one attached hydrogen (secondary N) is 2. The molecular weight excluding hydrogens is 388 g/mol. The number of carbonyl (C=O) groups excluding carboxylic acids is 1. The van der Waals surface area contributed by atoms with Crippen LogP contribution >= 0.6 is 0 Å². The summed E-state index contributed by atoms with van der Waals surface area (Å²) >= 11 is 0. The number of carbonyl (C=O) groups is 1. The van der Waals surface area contributed by atoms with Gasteiger partial charge in [-0.3, -0.25) is 30.7 Å². The van der Waals surface area contributed by atoms with Gasteiger partial charge in [-0.2, -0.15) is 4.98 Å². The van der Waals surface area contributed by atoms with Crippen molar-refractivity contribution < 1.29 is 14.5 Å². The van der Waals surface area contributed by atoms with Crippen LogP contribution in [-0.2, 0) is 0 Å². The van der Waals surface area contributed by atoms with Crippen LogP contribution in [0.15, 0.2) is 73.3 Å². The van der Waals surface area contributed by atoms with Gasteiger partial charge in [-0.1, -0.05) is 30.3 Å². The van der Waals surface area contributed by atoms with Crippen LogP contribution in [0.4, 0.5) is 11.5 Å². The Morgan fingerprint density at radius 1 is 1.03 bits per heavy atom. The van der Waals surface area contributed by atoms with Crippen molar-refractivity contribution in [3.8, 4) is 11.6 Å². The van der Waals surface area contributed by atoms with Crippen molar-refractivity contribution in [2.75, 3.05) is 5.43 Å². The van der Waals surface area contributed by atoms with Crippen molar-refractivity contribution in [2.24, 2.45) is 0 Å². The Hall–Kier alpha value is -4.60. The number of benzene rings is 2. The molecular formula is C20H14N6O4. The lowest BCUT2D eigenvalue weighted by Gasteiger charge is -2.10. The number of hydrogen-bond donors (Lipinski definition) is 2. The van der Waals surface area contributed by atoms with Gasteiger partial charge in [0.2, 0.25) is 5.82 Å². The van der Waals surface area contributed by atoms with E-state index in [1.54, 1.807) is 24.3 Å². The summed E-state index contributed by atoms with van der Waals surface area (Å²) in [7, 11) is 0. The number of hydrogen-bond acceptors (Lipinski definition) is 8. The molecule has 0 fully saturated rings. The van der Waals surface area contributed by atoms with E-state index in [9.17, 15) is 14.9 Å². The Morgan fingerprint density at radius 3 is 2.63 bits per heavy atom. The number of ether oxygens (including phenoxy) is 1. The van der Waals surface area contributed by atoms with Crippen LogP contribution in [-0.4, -0.2) is 25.8 Å². The molecule has 0 saturated heterocycles. The summed E-state index contributed by atoms with van der Waals surface area (Å²) < 4.78 is 5.66. The minimum atomic E-state index is -0.686. The Morgan fingerprint density at radius 2 is 1.87 bits per heavy atom. The van der Waals surface area contributed by atoms with E-state index in [0.29, 0.717) is 5.75 Å². The molecule has 30 heavy (non-hydrogen) atoms. The molecule has 0 aliphatic carbocycles. The number of pyridine rings is 1. The van der Waals surface area contributed by atoms with Crippen LogP contribution in [0.5, 0.6) is 11.6 Å². The normalized spacial score (nSPS) is 10.4. The minimum Gasteiger partial charge on any atom is -0.434 e. The largest absolute Gasteiger partial charge is 0.434 e. The number of hydrazine groups is 1. The molecule has 2 aromatic heterocycles. The van der Waals surface area contributed by atoms with Gasteiger partial charge in [0.15, 0.2) is 0 Å². The zero-order chi connectivity index (χ0) is 20.9. The highest BCUT2D eigenvalue weighted by molar-refractivity contribution is 5.94. The lowest BCUT2D eigenvalue weighted by Crippen LogP contribution is -2.30. The maximum atomic E-state index is 12.1. The molecule has 4 rings (SSSR count). The summed E-state index contributed by atoms with van der Waals surface area (Å²) in [6.45, 7) is 0. The maximum absolute atomic E-state index is 12.1. The minimum absolute atomic E-state index is 0.219. The van der Waals surface area contributed by atoms with Crippen molar-refractivity contribution in [3.05, 3.63) is 89.0 Å². The standard InChI is InChI=1S/C20H14N6O4/c27-19(15-6-3-9-21-11-15)25-24-18-17(26(28)29)20(23-12-22-18)30-16-8-7-13-4-1-2-5-14(13)10-16/h1-12H,(H,25,27)(H,22,23,24). The summed E-state index contributed by atoms with van der Waals surface area (Å²) in [5.41, 5.74) is 4.55. The molecule has 4 aromatic rings. The number of nitrogens with zero attached hydrogens (tertiary/aromatic N) is 4. The Balaban J connectivity index is 1.59. The Labute approximate surface area is 169 Å². The lowest BCUT2D eigenvalue weighted by atomic mass is 10.1. The lowest BCUT2D eigenvalue weighted by molar-refractivity contribution is -0.385. The van der Waals surface area contributed by atoms with Gasteiger partial charge >= 0.3 is 11.6 Å². The van der Waals surface area contributed by atoms with Crippen molar-refractivity contribution in [2.45, 2.75) is 0 Å². The summed E-state index contributed by atoms with van der Waals surface area (Å²) in [6, 6.07) is 16.1. The number of nitro groups is 1. The first-order valence-corrected chi connectivity index (χ1v) is 8.74. The SMILES string of the molecule is O=C(NNc1ncnc(Oc2ccc3ccccc3c2)c1[N+](=O)[O-])c1cccnc1. The summed E-state index contributed by atoms with van der Waals surface area (Å²) in [6.07, 6.45) is 3.98. The van der Waals surface area contributed by atoms with E-state index < -0.39 is 16.5 Å². The second-order valence-corrected chi connectivity index (χ2v) is 6.06. The number of rotatable bonds is 6. The molecule has 0 bridgehead atoms. The average molecular weight is 402 g/mol. The summed E-state index contributed by atoms with van der Waals surface area (Å²) in [4.78, 5) is 34.7. The Kier molecular flexibility index (Phi) is 5.12. The van der Waals surface area contributed by atoms with E-state index in [2.05, 4.69) is 25.8 Å². The zero-order valence-electron chi connectivity index (χ0n) is 15.4. The van der Waals surface area contributed by atoms with Crippen LogP contribution < -0.4 is 15.6 Å². The average Bonchev–Trinajstić information content (AvgIpc) is 2.78. The predicted molar refractivity (Wildman–Crippen MR) is 108 cm³/mol. The topological polar surface area (TPSA) is 132 Å². The third-order valence-electron chi connectivity index (χ3n) is 4.12. The molecule has 0 spiro atoms. The zero-order valence-corrected chi connectivity index (χ0v) is 15.4. The van der Waals surface area contributed by atoms with E-state index in [1.165, 1.54) is 12.4 Å². The fraction of sp³-hybridized carbons (Fsp3) is 0. The van der Waals surface area contributed by atoms with Crippen molar-refractivity contribution in [3.63, 3.8) is 0 Å². The number of aromatic nitrogens is 3. The van der Waals surface area contributed by atoms with E-state index in [4.69, 9.17) is 4.74 Å². The smallest absolute Gasteiger partial charge is 0.374 e. The first-order valence-electron chi connectivity index (χ1n) is 8.74. The molecule has 2 heterocycles. The molecule has 10 heteroatoms. The second-order valence-electron chi connectivity index (χ2n) is 6.06. The molecule has 0 unspecified atom stereocenters. The van der Waals surface area contributed by atoms with Crippen LogP contribution in [0.1, 0.15) is 10.4 Å².